The van der Waals surface area contributed by atoms with Crippen molar-refractivity contribution in [3.05, 3.63) is 54.1 Å². The van der Waals surface area contributed by atoms with Crippen LogP contribution in [0.1, 0.15) is 31.2 Å². The smallest absolute Gasteiger partial charge is 0.243 e. The van der Waals surface area contributed by atoms with E-state index in [2.05, 4.69) is 15.2 Å². The molecule has 162 valence electrons. The number of piperidine rings is 1. The fraction of sp³-hybridized carbons (Fsp3) is 0.391. The van der Waals surface area contributed by atoms with E-state index in [0.29, 0.717) is 35.2 Å². The van der Waals surface area contributed by atoms with Crippen LogP contribution in [-0.4, -0.2) is 53.2 Å². The monoisotopic (exact) mass is 438 g/mol. The highest BCUT2D eigenvalue weighted by Gasteiger charge is 2.41. The van der Waals surface area contributed by atoms with E-state index in [1.807, 2.05) is 49.4 Å². The summed E-state index contributed by atoms with van der Waals surface area (Å²) in [7, 11) is -3.60. The number of nitrogens with zero attached hydrogens (tertiary/aromatic N) is 3. The zero-order valence-corrected chi connectivity index (χ0v) is 18.4. The number of rotatable bonds is 4. The number of aromatic nitrogens is 3. The summed E-state index contributed by atoms with van der Waals surface area (Å²) < 4.78 is 34.5. The Hall–Kier alpha value is -2.55. The number of hydrogen-bond acceptors (Lipinski definition) is 5. The van der Waals surface area contributed by atoms with Crippen molar-refractivity contribution < 1.29 is 13.2 Å². The summed E-state index contributed by atoms with van der Waals surface area (Å²) in [6, 6.07) is 15.1. The zero-order chi connectivity index (χ0) is 21.5. The van der Waals surface area contributed by atoms with Gasteiger partial charge in [-0.3, -0.25) is 0 Å². The Morgan fingerprint density at radius 3 is 2.35 bits per heavy atom. The quantitative estimate of drug-likeness (QED) is 0.670. The summed E-state index contributed by atoms with van der Waals surface area (Å²) in [5.41, 5.74) is 2.24. The van der Waals surface area contributed by atoms with Gasteiger partial charge in [0.15, 0.2) is 11.6 Å². The van der Waals surface area contributed by atoms with Crippen molar-refractivity contribution in [3.8, 4) is 22.8 Å². The molecule has 0 aliphatic carbocycles. The van der Waals surface area contributed by atoms with Crippen molar-refractivity contribution in [2.45, 2.75) is 43.1 Å². The molecule has 0 bridgehead atoms. The van der Waals surface area contributed by atoms with Crippen LogP contribution in [0.5, 0.6) is 0 Å². The van der Waals surface area contributed by atoms with Gasteiger partial charge in [0, 0.05) is 30.8 Å². The van der Waals surface area contributed by atoms with Crippen LogP contribution in [-0.2, 0) is 14.8 Å². The maximum atomic E-state index is 13.5. The van der Waals surface area contributed by atoms with Crippen LogP contribution in [0.3, 0.4) is 0 Å². The minimum absolute atomic E-state index is 0.114. The average Bonchev–Trinajstić information content (AvgIpc) is 3.45. The predicted octanol–water partition coefficient (Wildman–Crippen LogP) is 3.78. The van der Waals surface area contributed by atoms with E-state index in [4.69, 9.17) is 4.74 Å². The maximum absolute atomic E-state index is 13.5. The molecule has 0 saturated carbocycles. The lowest BCUT2D eigenvalue weighted by Crippen LogP contribution is -2.46. The van der Waals surface area contributed by atoms with Crippen LogP contribution in [0, 0.1) is 6.92 Å². The maximum Gasteiger partial charge on any atom is 0.243 e. The van der Waals surface area contributed by atoms with Gasteiger partial charge in [-0.1, -0.05) is 42.5 Å². The van der Waals surface area contributed by atoms with E-state index in [0.717, 1.165) is 43.4 Å². The van der Waals surface area contributed by atoms with Crippen molar-refractivity contribution in [2.75, 3.05) is 19.7 Å². The van der Waals surface area contributed by atoms with Crippen molar-refractivity contribution in [2.24, 2.45) is 0 Å². The average molecular weight is 439 g/mol. The SMILES string of the molecule is Cc1ccc(-c2nnc(-c3ccccc3)[nH]2)cc1S(=O)(=O)N1CCC2(CCCO2)CC1. The fourth-order valence-corrected chi connectivity index (χ4v) is 6.26. The van der Waals surface area contributed by atoms with Gasteiger partial charge in [0.2, 0.25) is 10.0 Å². The zero-order valence-electron chi connectivity index (χ0n) is 17.5. The van der Waals surface area contributed by atoms with Crippen LogP contribution in [0.4, 0.5) is 0 Å². The van der Waals surface area contributed by atoms with Gasteiger partial charge in [-0.05, 0) is 44.2 Å². The first-order chi connectivity index (χ1) is 15.0. The second-order valence-corrected chi connectivity index (χ2v) is 10.3. The Labute approximate surface area is 182 Å². The minimum atomic E-state index is -3.60. The molecule has 1 spiro atoms. The molecule has 2 aliphatic rings. The summed E-state index contributed by atoms with van der Waals surface area (Å²) in [5, 5.41) is 8.47. The molecule has 3 heterocycles. The molecule has 2 saturated heterocycles. The van der Waals surface area contributed by atoms with Gasteiger partial charge < -0.3 is 9.72 Å². The lowest BCUT2D eigenvalue weighted by molar-refractivity contribution is -0.0309. The molecule has 5 rings (SSSR count). The summed E-state index contributed by atoms with van der Waals surface area (Å²) >= 11 is 0. The molecule has 8 heteroatoms. The number of sulfonamides is 1. The number of benzene rings is 2. The van der Waals surface area contributed by atoms with Crippen molar-refractivity contribution >= 4 is 10.0 Å². The number of ether oxygens (including phenoxy) is 1. The van der Waals surface area contributed by atoms with Gasteiger partial charge in [0.05, 0.1) is 10.5 Å². The molecule has 2 aromatic carbocycles. The lowest BCUT2D eigenvalue weighted by atomic mass is 9.90. The fourth-order valence-electron chi connectivity index (χ4n) is 4.57. The van der Waals surface area contributed by atoms with Crippen molar-refractivity contribution in [1.29, 1.82) is 0 Å². The molecule has 7 nitrogen and oxygen atoms in total. The van der Waals surface area contributed by atoms with E-state index in [1.54, 1.807) is 10.4 Å². The third-order valence-corrected chi connectivity index (χ3v) is 8.47. The van der Waals surface area contributed by atoms with Crippen LogP contribution in [0.2, 0.25) is 0 Å². The summed E-state index contributed by atoms with van der Waals surface area (Å²) in [4.78, 5) is 3.53. The second-order valence-electron chi connectivity index (χ2n) is 8.41. The molecule has 0 atom stereocenters. The first-order valence-electron chi connectivity index (χ1n) is 10.7. The number of nitrogens with one attached hydrogen (secondary N) is 1. The molecule has 31 heavy (non-hydrogen) atoms. The molecule has 1 aromatic heterocycles. The molecule has 0 radical (unpaired) electrons. The van der Waals surface area contributed by atoms with E-state index in [1.165, 1.54) is 0 Å². The van der Waals surface area contributed by atoms with E-state index in [9.17, 15) is 8.42 Å². The molecule has 2 aliphatic heterocycles. The molecule has 0 unspecified atom stereocenters. The van der Waals surface area contributed by atoms with E-state index < -0.39 is 10.0 Å². The Morgan fingerprint density at radius 2 is 1.68 bits per heavy atom. The molecule has 0 amide bonds. The van der Waals surface area contributed by atoms with Gasteiger partial charge in [0.25, 0.3) is 0 Å². The first kappa shape index (κ1) is 20.4. The summed E-state index contributed by atoms with van der Waals surface area (Å²) in [6.07, 6.45) is 3.61. The highest BCUT2D eigenvalue weighted by molar-refractivity contribution is 7.89. The predicted molar refractivity (Wildman–Crippen MR) is 118 cm³/mol. The van der Waals surface area contributed by atoms with Crippen LogP contribution in [0.15, 0.2) is 53.4 Å². The van der Waals surface area contributed by atoms with Gasteiger partial charge >= 0.3 is 0 Å². The minimum Gasteiger partial charge on any atom is -0.375 e. The summed E-state index contributed by atoms with van der Waals surface area (Å²) in [5.74, 6) is 1.20. The second kappa shape index (κ2) is 7.85. The number of aryl methyl sites for hydroxylation is 1. The van der Waals surface area contributed by atoms with Crippen LogP contribution < -0.4 is 0 Å². The molecule has 3 aromatic rings. The van der Waals surface area contributed by atoms with Gasteiger partial charge in [-0.15, -0.1) is 10.2 Å². The first-order valence-corrected chi connectivity index (χ1v) is 12.1. The summed E-state index contributed by atoms with van der Waals surface area (Å²) in [6.45, 7) is 3.60. The van der Waals surface area contributed by atoms with Gasteiger partial charge in [0.1, 0.15) is 0 Å². The lowest BCUT2D eigenvalue weighted by Gasteiger charge is -2.38. The van der Waals surface area contributed by atoms with Crippen molar-refractivity contribution in [3.63, 3.8) is 0 Å². The standard InChI is InChI=1S/C23H26N4O3S/c1-17-8-9-19(22-24-21(25-26-22)18-6-3-2-4-7-18)16-20(17)31(28,29)27-13-11-23(12-14-27)10-5-15-30-23/h2-4,6-9,16H,5,10-15H2,1H3,(H,24,25,26). The molecular weight excluding hydrogens is 412 g/mol. The Kier molecular flexibility index (Phi) is 5.16. The number of hydrogen-bond donors (Lipinski definition) is 1. The number of aromatic amines is 1. The Bertz CT molecular complexity index is 1170. The topological polar surface area (TPSA) is 88.2 Å². The third-order valence-electron chi connectivity index (χ3n) is 6.43. The van der Waals surface area contributed by atoms with Crippen LogP contribution in [0.25, 0.3) is 22.8 Å². The van der Waals surface area contributed by atoms with E-state index >= 15 is 0 Å². The highest BCUT2D eigenvalue weighted by atomic mass is 32.2. The van der Waals surface area contributed by atoms with Crippen molar-refractivity contribution in [1.82, 2.24) is 19.5 Å². The highest BCUT2D eigenvalue weighted by Crippen LogP contribution is 2.37. The van der Waals surface area contributed by atoms with Crippen LogP contribution >= 0.6 is 0 Å². The molecular formula is C23H26N4O3S. The van der Waals surface area contributed by atoms with E-state index in [-0.39, 0.29) is 5.60 Å². The third kappa shape index (κ3) is 3.79. The van der Waals surface area contributed by atoms with Gasteiger partial charge in [-0.25, -0.2) is 8.42 Å². The Balaban J connectivity index is 1.42. The largest absolute Gasteiger partial charge is 0.375 e. The number of H-pyrrole nitrogens is 1. The molecule has 1 N–H and O–H groups in total. The Morgan fingerprint density at radius 1 is 0.968 bits per heavy atom. The normalized spacial score (nSPS) is 19.1. The molecule has 2 fully saturated rings. The van der Waals surface area contributed by atoms with Gasteiger partial charge in [-0.2, -0.15) is 4.31 Å².